The average molecular weight is 529 g/mol. The van der Waals surface area contributed by atoms with Gasteiger partial charge in [-0.25, -0.2) is 9.98 Å². The minimum atomic E-state index is -0.218. The standard InChI is InChI=1S/C28H25FN6O2S/c1-18-27(36)35(25-5-3-2-4-24(25)20-10-11-20)28(38-18)34-33-16-19-6-8-21(9-7-19)26(30)32-17-31-22-12-14-23(37-29)15-13-22/h2-9,12-18,20H,10-11H2,1H3,(H2,30,31,32)/b33-16+,34-28-. The van der Waals surface area contributed by atoms with Gasteiger partial charge in [-0.05, 0) is 67.1 Å². The maximum atomic E-state index is 12.9. The maximum Gasteiger partial charge on any atom is 0.246 e. The topological polar surface area (TPSA) is 105 Å². The molecule has 1 atom stereocenters. The van der Waals surface area contributed by atoms with Gasteiger partial charge in [0.1, 0.15) is 12.2 Å². The Morgan fingerprint density at radius 2 is 1.82 bits per heavy atom. The number of carbonyl (C=O) groups is 1. The van der Waals surface area contributed by atoms with Crippen LogP contribution in [0.4, 0.5) is 15.9 Å². The van der Waals surface area contributed by atoms with Gasteiger partial charge in [0.2, 0.25) is 5.91 Å². The summed E-state index contributed by atoms with van der Waals surface area (Å²) in [6.07, 6.45) is 5.27. The van der Waals surface area contributed by atoms with E-state index in [2.05, 4.69) is 31.2 Å². The lowest BCUT2D eigenvalue weighted by atomic mass is 10.1. The number of halogens is 1. The van der Waals surface area contributed by atoms with Gasteiger partial charge in [-0.3, -0.25) is 14.6 Å². The van der Waals surface area contributed by atoms with Crippen LogP contribution < -0.4 is 15.6 Å². The molecule has 38 heavy (non-hydrogen) atoms. The minimum Gasteiger partial charge on any atom is -0.383 e. The molecule has 2 aliphatic rings. The first kappa shape index (κ1) is 25.3. The zero-order valence-electron chi connectivity index (χ0n) is 20.6. The van der Waals surface area contributed by atoms with Crippen molar-refractivity contribution in [1.82, 2.24) is 0 Å². The average Bonchev–Trinajstić information content (AvgIpc) is 3.75. The Hall–Kier alpha value is -4.31. The largest absolute Gasteiger partial charge is 0.383 e. The number of thioether (sulfide) groups is 1. The van der Waals surface area contributed by atoms with E-state index in [-0.39, 0.29) is 16.9 Å². The van der Waals surface area contributed by atoms with E-state index in [1.54, 1.807) is 23.2 Å². The summed E-state index contributed by atoms with van der Waals surface area (Å²) in [6.45, 7) is 1.89. The Bertz CT molecular complexity index is 1430. The van der Waals surface area contributed by atoms with E-state index in [0.29, 0.717) is 22.6 Å². The van der Waals surface area contributed by atoms with Crippen molar-refractivity contribution in [2.75, 3.05) is 4.90 Å². The van der Waals surface area contributed by atoms with Crippen LogP contribution in [-0.4, -0.2) is 34.7 Å². The minimum absolute atomic E-state index is 0.0190. The predicted molar refractivity (Wildman–Crippen MR) is 151 cm³/mol. The van der Waals surface area contributed by atoms with Crippen LogP contribution in [0.2, 0.25) is 0 Å². The van der Waals surface area contributed by atoms with Crippen LogP contribution in [0.3, 0.4) is 0 Å². The van der Waals surface area contributed by atoms with E-state index in [9.17, 15) is 9.32 Å². The third-order valence-electron chi connectivity index (χ3n) is 6.12. The van der Waals surface area contributed by atoms with E-state index in [0.717, 1.165) is 29.7 Å². The Kier molecular flexibility index (Phi) is 7.60. The van der Waals surface area contributed by atoms with Crippen LogP contribution in [0.5, 0.6) is 5.75 Å². The summed E-state index contributed by atoms with van der Waals surface area (Å²) in [6, 6.07) is 21.5. The lowest BCUT2D eigenvalue weighted by Gasteiger charge is -2.19. The van der Waals surface area contributed by atoms with Gasteiger partial charge in [-0.15, -0.1) is 5.10 Å². The predicted octanol–water partition coefficient (Wildman–Crippen LogP) is 5.75. The molecule has 1 saturated heterocycles. The van der Waals surface area contributed by atoms with Gasteiger partial charge in [-0.1, -0.05) is 54.2 Å². The molecule has 1 heterocycles. The molecule has 1 aliphatic heterocycles. The number of nitrogens with two attached hydrogens (primary N) is 1. The Balaban J connectivity index is 1.26. The SMILES string of the molecule is CC1S/C(=N\N=C\c2ccc(C(N)=NC=Nc3ccc(OF)cc3)cc2)N(c2ccccc2C2CC2)C1=O. The summed E-state index contributed by atoms with van der Waals surface area (Å²) >= 11 is 1.41. The molecule has 0 bridgehead atoms. The summed E-state index contributed by atoms with van der Waals surface area (Å²) in [7, 11) is 0. The molecule has 3 aromatic carbocycles. The fourth-order valence-electron chi connectivity index (χ4n) is 3.96. The van der Waals surface area contributed by atoms with Gasteiger partial charge in [0.15, 0.2) is 10.9 Å². The highest BCUT2D eigenvalue weighted by Gasteiger charge is 2.39. The highest BCUT2D eigenvalue weighted by Crippen LogP contribution is 2.46. The van der Waals surface area contributed by atoms with Crippen LogP contribution in [0, 0.1) is 0 Å². The van der Waals surface area contributed by atoms with Gasteiger partial charge < -0.3 is 5.73 Å². The first-order chi connectivity index (χ1) is 18.5. The molecule has 1 saturated carbocycles. The number of para-hydroxylation sites is 1. The van der Waals surface area contributed by atoms with Crippen molar-refractivity contribution in [2.24, 2.45) is 25.9 Å². The van der Waals surface area contributed by atoms with Crippen LogP contribution in [0.1, 0.15) is 42.4 Å². The summed E-state index contributed by atoms with van der Waals surface area (Å²) in [4.78, 5) is 26.6. The second kappa shape index (κ2) is 11.4. The summed E-state index contributed by atoms with van der Waals surface area (Å²) in [5, 5.41) is 9.01. The molecular formula is C28H25FN6O2S. The number of amidine groups is 2. The molecule has 192 valence electrons. The summed E-state index contributed by atoms with van der Waals surface area (Å²) in [5.74, 6) is 0.921. The molecule has 2 fully saturated rings. The van der Waals surface area contributed by atoms with E-state index in [1.807, 2.05) is 49.4 Å². The van der Waals surface area contributed by atoms with Crippen molar-refractivity contribution >= 4 is 52.6 Å². The van der Waals surface area contributed by atoms with Gasteiger partial charge in [-0.2, -0.15) is 5.10 Å². The van der Waals surface area contributed by atoms with Crippen molar-refractivity contribution in [2.45, 2.75) is 30.9 Å². The number of nitrogens with zero attached hydrogens (tertiary/aromatic N) is 5. The van der Waals surface area contributed by atoms with Crippen LogP contribution in [-0.2, 0) is 4.79 Å². The summed E-state index contributed by atoms with van der Waals surface area (Å²) < 4.78 is 12.1. The van der Waals surface area contributed by atoms with Crippen LogP contribution in [0.25, 0.3) is 0 Å². The van der Waals surface area contributed by atoms with E-state index < -0.39 is 0 Å². The van der Waals surface area contributed by atoms with Crippen molar-refractivity contribution < 1.29 is 14.3 Å². The second-order valence-electron chi connectivity index (χ2n) is 8.85. The number of aliphatic imine (C=N–C) groups is 2. The third kappa shape index (κ3) is 5.81. The number of amides is 1. The monoisotopic (exact) mass is 528 g/mol. The molecule has 1 unspecified atom stereocenters. The molecule has 1 amide bonds. The number of rotatable bonds is 8. The van der Waals surface area contributed by atoms with Crippen molar-refractivity contribution in [1.29, 1.82) is 0 Å². The van der Waals surface area contributed by atoms with Crippen LogP contribution >= 0.6 is 11.8 Å². The normalized spacial score (nSPS) is 19.3. The van der Waals surface area contributed by atoms with Crippen molar-refractivity contribution in [3.8, 4) is 5.75 Å². The van der Waals surface area contributed by atoms with Gasteiger partial charge in [0.25, 0.3) is 0 Å². The van der Waals surface area contributed by atoms with Crippen molar-refractivity contribution in [3.05, 3.63) is 89.5 Å². The molecule has 3 aromatic rings. The Morgan fingerprint density at radius 3 is 2.53 bits per heavy atom. The highest BCUT2D eigenvalue weighted by molar-refractivity contribution is 8.16. The van der Waals surface area contributed by atoms with E-state index in [1.165, 1.54) is 35.8 Å². The maximum absolute atomic E-state index is 12.9. The number of benzene rings is 3. The third-order valence-corrected chi connectivity index (χ3v) is 7.15. The van der Waals surface area contributed by atoms with E-state index >= 15 is 0 Å². The van der Waals surface area contributed by atoms with Gasteiger partial charge >= 0.3 is 0 Å². The Labute approximate surface area is 223 Å². The molecule has 10 heteroatoms. The number of anilines is 1. The zero-order chi connectivity index (χ0) is 26.5. The number of carbonyl (C=O) groups excluding carboxylic acids is 1. The number of hydrogen-bond donors (Lipinski definition) is 1. The second-order valence-corrected chi connectivity index (χ2v) is 10.2. The van der Waals surface area contributed by atoms with Gasteiger partial charge in [0.05, 0.1) is 22.8 Å². The molecule has 1 aliphatic carbocycles. The van der Waals surface area contributed by atoms with Crippen molar-refractivity contribution in [3.63, 3.8) is 0 Å². The van der Waals surface area contributed by atoms with Crippen LogP contribution in [0.15, 0.2) is 93.0 Å². The molecule has 0 aromatic heterocycles. The molecule has 0 spiro atoms. The molecular weight excluding hydrogens is 503 g/mol. The lowest BCUT2D eigenvalue weighted by Crippen LogP contribution is -2.32. The number of hydrogen-bond acceptors (Lipinski definition) is 6. The molecule has 2 N–H and O–H groups in total. The molecule has 5 rings (SSSR count). The summed E-state index contributed by atoms with van der Waals surface area (Å²) in [5.41, 5.74) is 10.3. The Morgan fingerprint density at radius 1 is 1.08 bits per heavy atom. The quantitative estimate of drug-likeness (QED) is 0.228. The highest BCUT2D eigenvalue weighted by atomic mass is 32.2. The van der Waals surface area contributed by atoms with Gasteiger partial charge in [0, 0.05) is 10.1 Å². The fraction of sp³-hybridized carbons (Fsp3) is 0.179. The lowest BCUT2D eigenvalue weighted by molar-refractivity contribution is -0.116. The molecule has 8 nitrogen and oxygen atoms in total. The molecule has 0 radical (unpaired) electrons. The smallest absolute Gasteiger partial charge is 0.246 e. The zero-order valence-corrected chi connectivity index (χ0v) is 21.4. The first-order valence-electron chi connectivity index (χ1n) is 12.1. The first-order valence-corrected chi connectivity index (χ1v) is 13.0. The van der Waals surface area contributed by atoms with E-state index in [4.69, 9.17) is 5.73 Å². The fourth-order valence-corrected chi connectivity index (χ4v) is 4.87.